The van der Waals surface area contributed by atoms with Crippen LogP contribution in [0.5, 0.6) is 0 Å². The number of hydrogen-bond acceptors (Lipinski definition) is 3. The maximum absolute atomic E-state index is 13.0. The number of amides is 2. The predicted molar refractivity (Wildman–Crippen MR) is 87.2 cm³/mol. The van der Waals surface area contributed by atoms with E-state index in [4.69, 9.17) is 23.2 Å². The topological polar surface area (TPSA) is 70.6 Å². The summed E-state index contributed by atoms with van der Waals surface area (Å²) in [4.78, 5) is 23.2. The predicted octanol–water partition coefficient (Wildman–Crippen LogP) is 3.22. The van der Waals surface area contributed by atoms with Crippen LogP contribution in [0.4, 0.5) is 10.1 Å². The molecule has 2 amide bonds. The molecule has 0 aliphatic heterocycles. The van der Waals surface area contributed by atoms with Crippen LogP contribution >= 0.6 is 23.2 Å². The number of benzene rings is 2. The Morgan fingerprint density at radius 1 is 1.04 bits per heavy atom. The normalized spacial score (nSPS) is 10.6. The van der Waals surface area contributed by atoms with Crippen LogP contribution in [0.15, 0.2) is 47.6 Å². The highest BCUT2D eigenvalue weighted by Crippen LogP contribution is 2.21. The van der Waals surface area contributed by atoms with Crippen LogP contribution in [-0.2, 0) is 9.59 Å². The van der Waals surface area contributed by atoms with Crippen molar-refractivity contribution in [2.75, 3.05) is 5.32 Å². The van der Waals surface area contributed by atoms with E-state index in [0.717, 1.165) is 6.07 Å². The minimum Gasteiger partial charge on any atom is -0.318 e. The van der Waals surface area contributed by atoms with E-state index in [0.29, 0.717) is 15.6 Å². The Kier molecular flexibility index (Phi) is 5.67. The van der Waals surface area contributed by atoms with E-state index >= 15 is 0 Å². The Balaban J connectivity index is 1.96. The molecule has 0 atom stereocenters. The largest absolute Gasteiger partial charge is 0.329 e. The monoisotopic (exact) mass is 353 g/mol. The van der Waals surface area contributed by atoms with Gasteiger partial charge in [-0.05, 0) is 30.3 Å². The molecule has 2 N–H and O–H groups in total. The maximum Gasteiger partial charge on any atom is 0.329 e. The van der Waals surface area contributed by atoms with Crippen LogP contribution in [0, 0.1) is 5.82 Å². The summed E-state index contributed by atoms with van der Waals surface area (Å²) in [6, 6.07) is 10.0. The zero-order valence-electron chi connectivity index (χ0n) is 11.5. The molecule has 118 valence electrons. The molecule has 0 aliphatic rings. The first-order valence-corrected chi connectivity index (χ1v) is 7.07. The smallest absolute Gasteiger partial charge is 0.318 e. The van der Waals surface area contributed by atoms with E-state index in [1.54, 1.807) is 18.2 Å². The first kappa shape index (κ1) is 16.9. The maximum atomic E-state index is 13.0. The number of nitrogens with one attached hydrogen (secondary N) is 2. The lowest BCUT2D eigenvalue weighted by Gasteiger charge is -2.04. The molecular formula is C15H10Cl2FN3O2. The quantitative estimate of drug-likeness (QED) is 0.505. The lowest BCUT2D eigenvalue weighted by Crippen LogP contribution is -2.32. The molecule has 0 unspecified atom stereocenters. The fraction of sp³-hybridized carbons (Fsp3) is 0. The third-order valence-corrected chi connectivity index (χ3v) is 3.31. The van der Waals surface area contributed by atoms with E-state index < -0.39 is 17.6 Å². The van der Waals surface area contributed by atoms with Crippen LogP contribution in [-0.4, -0.2) is 18.0 Å². The van der Waals surface area contributed by atoms with Gasteiger partial charge in [-0.25, -0.2) is 9.82 Å². The molecule has 2 rings (SSSR count). The van der Waals surface area contributed by atoms with Crippen LogP contribution in [0.1, 0.15) is 5.56 Å². The molecule has 0 radical (unpaired) electrons. The second-order valence-corrected chi connectivity index (χ2v) is 5.11. The van der Waals surface area contributed by atoms with Crippen LogP contribution < -0.4 is 10.7 Å². The molecule has 0 heterocycles. The average Bonchev–Trinajstić information content (AvgIpc) is 2.50. The fourth-order valence-electron chi connectivity index (χ4n) is 1.59. The number of hydrazone groups is 1. The van der Waals surface area contributed by atoms with Crippen molar-refractivity contribution < 1.29 is 14.0 Å². The van der Waals surface area contributed by atoms with Crippen molar-refractivity contribution in [3.63, 3.8) is 0 Å². The van der Waals surface area contributed by atoms with Gasteiger partial charge >= 0.3 is 11.8 Å². The van der Waals surface area contributed by atoms with E-state index in [1.165, 1.54) is 24.4 Å². The summed E-state index contributed by atoms with van der Waals surface area (Å²) in [6.07, 6.45) is 1.22. The second-order valence-electron chi connectivity index (χ2n) is 4.30. The highest BCUT2D eigenvalue weighted by atomic mass is 35.5. The van der Waals surface area contributed by atoms with Gasteiger partial charge in [0.25, 0.3) is 0 Å². The van der Waals surface area contributed by atoms with E-state index in [-0.39, 0.29) is 5.69 Å². The Labute approximate surface area is 141 Å². The number of nitrogens with zero attached hydrogens (tertiary/aromatic N) is 1. The highest BCUT2D eigenvalue weighted by molar-refractivity contribution is 6.40. The number of anilines is 1. The van der Waals surface area contributed by atoms with Gasteiger partial charge in [-0.15, -0.1) is 0 Å². The molecule has 0 aliphatic carbocycles. The third-order valence-electron chi connectivity index (χ3n) is 2.65. The molecule has 0 aromatic heterocycles. The lowest BCUT2D eigenvalue weighted by atomic mass is 10.2. The van der Waals surface area contributed by atoms with Crippen LogP contribution in [0.3, 0.4) is 0 Å². The zero-order chi connectivity index (χ0) is 16.8. The Hall–Kier alpha value is -2.44. The van der Waals surface area contributed by atoms with Gasteiger partial charge in [0.05, 0.1) is 16.3 Å². The van der Waals surface area contributed by atoms with Crippen molar-refractivity contribution in [3.05, 3.63) is 63.9 Å². The number of hydrogen-bond donors (Lipinski definition) is 2. The number of halogens is 3. The molecule has 2 aromatic carbocycles. The third kappa shape index (κ3) is 4.77. The minimum absolute atomic E-state index is 0.156. The molecule has 2 aromatic rings. The van der Waals surface area contributed by atoms with Gasteiger partial charge in [0, 0.05) is 11.3 Å². The Morgan fingerprint density at radius 2 is 1.70 bits per heavy atom. The summed E-state index contributed by atoms with van der Waals surface area (Å²) in [5.74, 6) is -2.54. The molecule has 23 heavy (non-hydrogen) atoms. The van der Waals surface area contributed by atoms with Crippen LogP contribution in [0.2, 0.25) is 10.0 Å². The number of rotatable bonds is 3. The molecular weight excluding hydrogens is 344 g/mol. The minimum atomic E-state index is -1.02. The van der Waals surface area contributed by atoms with Gasteiger partial charge in [0.15, 0.2) is 0 Å². The summed E-state index contributed by atoms with van der Waals surface area (Å²) in [6.45, 7) is 0. The molecule has 0 spiro atoms. The van der Waals surface area contributed by atoms with E-state index in [1.807, 2.05) is 5.43 Å². The Bertz CT molecular complexity index is 761. The zero-order valence-corrected chi connectivity index (χ0v) is 13.0. The van der Waals surface area contributed by atoms with Gasteiger partial charge in [-0.1, -0.05) is 35.3 Å². The van der Waals surface area contributed by atoms with Crippen LogP contribution in [0.25, 0.3) is 0 Å². The molecule has 0 saturated carbocycles. The first-order chi connectivity index (χ1) is 11.0. The SMILES string of the molecule is O=C(NN=Cc1c(Cl)cccc1Cl)C(=O)Nc1cccc(F)c1. The summed E-state index contributed by atoms with van der Waals surface area (Å²) >= 11 is 11.9. The fourth-order valence-corrected chi connectivity index (χ4v) is 2.09. The molecule has 8 heteroatoms. The van der Waals surface area contributed by atoms with Gasteiger partial charge in [0.2, 0.25) is 0 Å². The Morgan fingerprint density at radius 3 is 2.35 bits per heavy atom. The van der Waals surface area contributed by atoms with Gasteiger partial charge in [-0.3, -0.25) is 9.59 Å². The van der Waals surface area contributed by atoms with Crippen molar-refractivity contribution in [2.24, 2.45) is 5.10 Å². The molecule has 5 nitrogen and oxygen atoms in total. The van der Waals surface area contributed by atoms with Crippen molar-refractivity contribution in [2.45, 2.75) is 0 Å². The molecule has 0 fully saturated rings. The van der Waals surface area contributed by atoms with E-state index in [2.05, 4.69) is 10.4 Å². The highest BCUT2D eigenvalue weighted by Gasteiger charge is 2.13. The lowest BCUT2D eigenvalue weighted by molar-refractivity contribution is -0.136. The van der Waals surface area contributed by atoms with Gasteiger partial charge < -0.3 is 5.32 Å². The first-order valence-electron chi connectivity index (χ1n) is 6.31. The standard InChI is InChI=1S/C15H10Cl2FN3O2/c16-12-5-2-6-13(17)11(12)8-19-21-15(23)14(22)20-10-4-1-3-9(18)7-10/h1-8H,(H,20,22)(H,21,23). The van der Waals surface area contributed by atoms with Crippen molar-refractivity contribution in [1.82, 2.24) is 5.43 Å². The molecule has 0 bridgehead atoms. The number of carbonyl (C=O) groups is 2. The van der Waals surface area contributed by atoms with Gasteiger partial charge in [-0.2, -0.15) is 5.10 Å². The van der Waals surface area contributed by atoms with Crippen molar-refractivity contribution in [1.29, 1.82) is 0 Å². The number of carbonyl (C=O) groups excluding carboxylic acids is 2. The summed E-state index contributed by atoms with van der Waals surface area (Å²) in [5.41, 5.74) is 2.59. The molecule has 0 saturated heterocycles. The second kappa shape index (κ2) is 7.71. The summed E-state index contributed by atoms with van der Waals surface area (Å²) in [5, 5.41) is 6.55. The van der Waals surface area contributed by atoms with Crippen molar-refractivity contribution >= 4 is 46.9 Å². The van der Waals surface area contributed by atoms with E-state index in [9.17, 15) is 14.0 Å². The van der Waals surface area contributed by atoms with Crippen molar-refractivity contribution in [3.8, 4) is 0 Å². The average molecular weight is 354 g/mol. The van der Waals surface area contributed by atoms with Gasteiger partial charge in [0.1, 0.15) is 5.82 Å². The summed E-state index contributed by atoms with van der Waals surface area (Å²) in [7, 11) is 0. The summed E-state index contributed by atoms with van der Waals surface area (Å²) < 4.78 is 13.0.